The molecule has 3 aromatic rings. The van der Waals surface area contributed by atoms with Crippen LogP contribution in [0.15, 0.2) is 59.6 Å². The first-order valence-corrected chi connectivity index (χ1v) is 11.6. The predicted octanol–water partition coefficient (Wildman–Crippen LogP) is 3.60. The lowest BCUT2D eigenvalue weighted by atomic mass is 9.79. The summed E-state index contributed by atoms with van der Waals surface area (Å²) < 4.78 is 1.62. The molecule has 0 spiro atoms. The van der Waals surface area contributed by atoms with E-state index in [1.807, 2.05) is 13.8 Å². The molecule has 1 saturated heterocycles. The third-order valence-electron chi connectivity index (χ3n) is 5.82. The average molecular weight is 437 g/mol. The van der Waals surface area contributed by atoms with Crippen molar-refractivity contribution in [1.29, 1.82) is 0 Å². The Morgan fingerprint density at radius 2 is 2.00 bits per heavy atom. The Labute approximate surface area is 186 Å². The first kappa shape index (κ1) is 21.3. The number of carbonyl (C=O) groups excluding carboxylic acids is 2. The molecule has 0 radical (unpaired) electrons. The lowest BCUT2D eigenvalue weighted by Gasteiger charge is -2.29. The number of thiophene rings is 1. The van der Waals surface area contributed by atoms with Crippen molar-refractivity contribution in [3.05, 3.63) is 65.1 Å². The molecule has 2 amide bonds. The van der Waals surface area contributed by atoms with Gasteiger partial charge in [0.2, 0.25) is 11.8 Å². The monoisotopic (exact) mass is 436 g/mol. The van der Waals surface area contributed by atoms with Gasteiger partial charge in [-0.05, 0) is 66.3 Å². The Balaban J connectivity index is 1.51. The second-order valence-electron chi connectivity index (χ2n) is 8.56. The molecule has 3 heterocycles. The minimum atomic E-state index is -0.617. The first-order valence-electron chi connectivity index (χ1n) is 10.6. The molecule has 1 N–H and O–H groups in total. The van der Waals surface area contributed by atoms with Crippen LogP contribution >= 0.6 is 11.3 Å². The fourth-order valence-corrected chi connectivity index (χ4v) is 4.84. The number of rotatable bonds is 7. The fraction of sp³-hybridized carbons (Fsp3) is 0.375. The van der Waals surface area contributed by atoms with E-state index in [9.17, 15) is 9.59 Å². The van der Waals surface area contributed by atoms with E-state index in [2.05, 4.69) is 51.5 Å². The summed E-state index contributed by atoms with van der Waals surface area (Å²) in [6, 6.07) is 12.4. The maximum absolute atomic E-state index is 13.3. The molecule has 7 heteroatoms. The number of hydrogen-bond donors (Lipinski definition) is 1. The maximum atomic E-state index is 13.3. The van der Waals surface area contributed by atoms with Gasteiger partial charge in [0.1, 0.15) is 6.54 Å². The zero-order valence-corrected chi connectivity index (χ0v) is 18.8. The van der Waals surface area contributed by atoms with E-state index < -0.39 is 5.41 Å². The molecule has 6 nitrogen and oxygen atoms in total. The number of nitrogens with one attached hydrogen (secondary N) is 1. The van der Waals surface area contributed by atoms with Gasteiger partial charge < -0.3 is 10.2 Å². The predicted molar refractivity (Wildman–Crippen MR) is 123 cm³/mol. The average Bonchev–Trinajstić information content (AvgIpc) is 3.51. The minimum Gasteiger partial charge on any atom is -0.353 e. The fourth-order valence-electron chi connectivity index (χ4n) is 4.18. The number of amides is 2. The second kappa shape index (κ2) is 9.06. The molecule has 1 fully saturated rings. The van der Waals surface area contributed by atoms with Crippen LogP contribution in [0.5, 0.6) is 0 Å². The summed E-state index contributed by atoms with van der Waals surface area (Å²) >= 11 is 1.68. The normalized spacial score (nSPS) is 18.5. The van der Waals surface area contributed by atoms with E-state index >= 15 is 0 Å². The molecule has 2 aromatic heterocycles. The van der Waals surface area contributed by atoms with Crippen LogP contribution in [0.4, 0.5) is 0 Å². The van der Waals surface area contributed by atoms with Gasteiger partial charge >= 0.3 is 0 Å². The molecule has 0 saturated carbocycles. The van der Waals surface area contributed by atoms with E-state index in [0.29, 0.717) is 25.9 Å². The summed E-state index contributed by atoms with van der Waals surface area (Å²) in [7, 11) is 0. The maximum Gasteiger partial charge on any atom is 0.244 e. The summed E-state index contributed by atoms with van der Waals surface area (Å²) in [6.07, 6.45) is 4.71. The zero-order valence-electron chi connectivity index (χ0n) is 18.0. The van der Waals surface area contributed by atoms with E-state index in [1.54, 1.807) is 39.4 Å². The smallest absolute Gasteiger partial charge is 0.244 e. The SMILES string of the molecule is CC(C)NC(=O)[C@@]1(Cc2ccc(-c3ccsc3)cc2)CCN(C(=O)Cn2cccn2)C1. The van der Waals surface area contributed by atoms with Crippen molar-refractivity contribution >= 4 is 23.2 Å². The Morgan fingerprint density at radius 1 is 1.19 bits per heavy atom. The molecule has 162 valence electrons. The van der Waals surface area contributed by atoms with E-state index in [4.69, 9.17) is 0 Å². The molecule has 1 aliphatic heterocycles. The molecular weight excluding hydrogens is 408 g/mol. The molecule has 1 aliphatic rings. The van der Waals surface area contributed by atoms with Gasteiger partial charge in [0.15, 0.2) is 0 Å². The lowest BCUT2D eigenvalue weighted by molar-refractivity contribution is -0.134. The zero-order chi connectivity index (χ0) is 21.8. The van der Waals surface area contributed by atoms with Crippen molar-refractivity contribution in [2.45, 2.75) is 39.3 Å². The third kappa shape index (κ3) is 4.88. The molecular formula is C24H28N4O2S. The van der Waals surface area contributed by atoms with Crippen molar-refractivity contribution in [3.8, 4) is 11.1 Å². The number of aromatic nitrogens is 2. The summed E-state index contributed by atoms with van der Waals surface area (Å²) in [6.45, 7) is 5.15. The van der Waals surface area contributed by atoms with Crippen LogP contribution in [0.2, 0.25) is 0 Å². The first-order chi connectivity index (χ1) is 14.9. The van der Waals surface area contributed by atoms with Crippen molar-refractivity contribution in [2.75, 3.05) is 13.1 Å². The van der Waals surface area contributed by atoms with Crippen molar-refractivity contribution < 1.29 is 9.59 Å². The molecule has 31 heavy (non-hydrogen) atoms. The van der Waals surface area contributed by atoms with Crippen LogP contribution < -0.4 is 5.32 Å². The van der Waals surface area contributed by atoms with Crippen LogP contribution in [-0.4, -0.2) is 45.6 Å². The topological polar surface area (TPSA) is 67.2 Å². The number of likely N-dealkylation sites (tertiary alicyclic amines) is 1. The van der Waals surface area contributed by atoms with Gasteiger partial charge in [-0.1, -0.05) is 24.3 Å². The number of benzene rings is 1. The van der Waals surface area contributed by atoms with Crippen LogP contribution in [0, 0.1) is 5.41 Å². The Kier molecular flexibility index (Phi) is 6.23. The van der Waals surface area contributed by atoms with Crippen molar-refractivity contribution in [3.63, 3.8) is 0 Å². The van der Waals surface area contributed by atoms with Crippen LogP contribution in [0.1, 0.15) is 25.8 Å². The largest absolute Gasteiger partial charge is 0.353 e. The van der Waals surface area contributed by atoms with Gasteiger partial charge in [-0.3, -0.25) is 14.3 Å². The Hall–Kier alpha value is -2.93. The van der Waals surface area contributed by atoms with E-state index in [0.717, 1.165) is 5.56 Å². The second-order valence-corrected chi connectivity index (χ2v) is 9.34. The minimum absolute atomic E-state index is 0.00396. The van der Waals surface area contributed by atoms with Gasteiger partial charge in [0, 0.05) is 31.5 Å². The quantitative estimate of drug-likeness (QED) is 0.615. The van der Waals surface area contributed by atoms with E-state index in [1.165, 1.54) is 11.1 Å². The Morgan fingerprint density at radius 3 is 2.65 bits per heavy atom. The Bertz CT molecular complexity index is 1010. The van der Waals surface area contributed by atoms with Gasteiger partial charge in [-0.15, -0.1) is 0 Å². The van der Waals surface area contributed by atoms with Gasteiger partial charge in [-0.25, -0.2) is 0 Å². The van der Waals surface area contributed by atoms with Crippen LogP contribution in [0.25, 0.3) is 11.1 Å². The lowest BCUT2D eigenvalue weighted by Crippen LogP contribution is -2.47. The standard InChI is InChI=1S/C24H28N4O2S/c1-18(2)26-23(30)24(9-12-27(17-24)22(29)15-28-11-3-10-25-28)14-19-4-6-20(7-5-19)21-8-13-31-16-21/h3-8,10-11,13,16,18H,9,12,14-15,17H2,1-2H3,(H,26,30)/t24-/m1/s1. The van der Waals surface area contributed by atoms with Gasteiger partial charge in [0.25, 0.3) is 0 Å². The molecule has 1 atom stereocenters. The van der Waals surface area contributed by atoms with Crippen LogP contribution in [-0.2, 0) is 22.6 Å². The molecule has 1 aromatic carbocycles. The number of carbonyl (C=O) groups is 2. The van der Waals surface area contributed by atoms with Gasteiger partial charge in [0.05, 0.1) is 5.41 Å². The van der Waals surface area contributed by atoms with Crippen molar-refractivity contribution in [1.82, 2.24) is 20.0 Å². The molecule has 4 rings (SSSR count). The van der Waals surface area contributed by atoms with Crippen LogP contribution in [0.3, 0.4) is 0 Å². The van der Waals surface area contributed by atoms with Crippen molar-refractivity contribution in [2.24, 2.45) is 5.41 Å². The molecule has 0 bridgehead atoms. The number of nitrogens with zero attached hydrogens (tertiary/aromatic N) is 3. The highest BCUT2D eigenvalue weighted by Gasteiger charge is 2.46. The van der Waals surface area contributed by atoms with Gasteiger partial charge in [-0.2, -0.15) is 16.4 Å². The summed E-state index contributed by atoms with van der Waals surface area (Å²) in [5, 5.41) is 11.4. The molecule has 0 aliphatic carbocycles. The number of hydrogen-bond acceptors (Lipinski definition) is 4. The third-order valence-corrected chi connectivity index (χ3v) is 6.50. The highest BCUT2D eigenvalue weighted by molar-refractivity contribution is 7.08. The highest BCUT2D eigenvalue weighted by atomic mass is 32.1. The molecule has 0 unspecified atom stereocenters. The summed E-state index contributed by atoms with van der Waals surface area (Å²) in [5.74, 6) is 0.0227. The summed E-state index contributed by atoms with van der Waals surface area (Å²) in [4.78, 5) is 27.9. The highest BCUT2D eigenvalue weighted by Crippen LogP contribution is 2.35. The van der Waals surface area contributed by atoms with E-state index in [-0.39, 0.29) is 24.4 Å². The summed E-state index contributed by atoms with van der Waals surface area (Å²) in [5.41, 5.74) is 2.88.